The fourth-order valence-corrected chi connectivity index (χ4v) is 5.33. The molecule has 0 radical (unpaired) electrons. The molecule has 4 N–H and O–H groups in total. The number of carbonyl (C=O) groups is 6. The summed E-state index contributed by atoms with van der Waals surface area (Å²) in [6, 6.07) is 1.24. The molecule has 0 bridgehead atoms. The molecule has 2 fully saturated rings. The highest BCUT2D eigenvalue weighted by atomic mass is 19.3. The number of carboxylic acids is 1. The van der Waals surface area contributed by atoms with Crippen LogP contribution in [0.1, 0.15) is 36.2 Å². The lowest BCUT2D eigenvalue weighted by molar-refractivity contribution is -0.140. The number of nitrogens with zero attached hydrogens (tertiary/aromatic N) is 5. The highest BCUT2D eigenvalue weighted by molar-refractivity contribution is 5.96. The number of hydrogen-bond donors (Lipinski definition) is 4. The Morgan fingerprint density at radius 3 is 2.29 bits per heavy atom. The standard InChI is InChI=1S/C29H33F4N7O9/c30-17-4-3-16(12-18(17)31)40-24(49-15-23(41)39-7-1-2-21(39)27(45)34-14-22(32)33)13-20(36-40)26(44)35-19(5-6-25(42)43)28(46)37-8-10-38(11-9-37)29(47)48/h3-4,12-13,19,21-22H,1-2,5-11,14-15H2,(H,34,45)(H,35,44)(H,42,43)(H,47,48)/t19-,21-/m0/s1. The number of aromatic nitrogens is 2. The topological polar surface area (TPSA) is 204 Å². The van der Waals surface area contributed by atoms with E-state index < -0.39 is 91.1 Å². The summed E-state index contributed by atoms with van der Waals surface area (Å²) in [7, 11) is 0. The van der Waals surface area contributed by atoms with Crippen LogP contribution < -0.4 is 15.4 Å². The van der Waals surface area contributed by atoms with Gasteiger partial charge in [0.2, 0.25) is 17.7 Å². The molecule has 2 saturated heterocycles. The van der Waals surface area contributed by atoms with Gasteiger partial charge in [0.1, 0.15) is 12.1 Å². The predicted molar refractivity (Wildman–Crippen MR) is 157 cm³/mol. The van der Waals surface area contributed by atoms with E-state index in [1.54, 1.807) is 0 Å². The van der Waals surface area contributed by atoms with E-state index in [0.717, 1.165) is 38.7 Å². The SMILES string of the molecule is O=C(O)CC[C@H](NC(=O)c1cc(OCC(=O)N2CCC[C@H]2C(=O)NCC(F)F)n(-c2ccc(F)c(F)c2)n1)C(=O)N1CCN(C(=O)O)CC1. The molecule has 16 nitrogen and oxygen atoms in total. The van der Waals surface area contributed by atoms with Gasteiger partial charge < -0.3 is 40.3 Å². The van der Waals surface area contributed by atoms with E-state index in [2.05, 4.69) is 15.7 Å². The van der Waals surface area contributed by atoms with Gasteiger partial charge in [0.05, 0.1) is 12.2 Å². The van der Waals surface area contributed by atoms with Gasteiger partial charge in [-0.05, 0) is 31.4 Å². The van der Waals surface area contributed by atoms with E-state index in [-0.39, 0.29) is 57.1 Å². The summed E-state index contributed by atoms with van der Waals surface area (Å²) in [5.41, 5.74) is -0.568. The normalized spacial score (nSPS) is 16.8. The third-order valence-electron chi connectivity index (χ3n) is 7.82. The van der Waals surface area contributed by atoms with E-state index in [4.69, 9.17) is 4.74 Å². The molecular formula is C29H33F4N7O9. The monoisotopic (exact) mass is 699 g/mol. The van der Waals surface area contributed by atoms with Crippen LogP contribution in [0.3, 0.4) is 0 Å². The average molecular weight is 700 g/mol. The summed E-state index contributed by atoms with van der Waals surface area (Å²) >= 11 is 0. The molecule has 20 heteroatoms. The number of carboxylic acid groups (broad SMARTS) is 2. The Morgan fingerprint density at radius 2 is 1.65 bits per heavy atom. The summed E-state index contributed by atoms with van der Waals surface area (Å²) in [5, 5.41) is 26.9. The van der Waals surface area contributed by atoms with Gasteiger partial charge in [0.25, 0.3) is 18.2 Å². The molecular weight excluding hydrogens is 666 g/mol. The first kappa shape index (κ1) is 36.4. The number of ether oxygens (including phenoxy) is 1. The van der Waals surface area contributed by atoms with Gasteiger partial charge in [0.15, 0.2) is 23.9 Å². The molecule has 0 saturated carbocycles. The second kappa shape index (κ2) is 16.1. The van der Waals surface area contributed by atoms with Crippen molar-refractivity contribution in [2.45, 2.75) is 44.2 Å². The third-order valence-corrected chi connectivity index (χ3v) is 7.82. The van der Waals surface area contributed by atoms with Crippen LogP contribution in [0.5, 0.6) is 5.88 Å². The Labute approximate surface area is 275 Å². The van der Waals surface area contributed by atoms with Crippen LogP contribution in [0, 0.1) is 11.6 Å². The van der Waals surface area contributed by atoms with Gasteiger partial charge in [0, 0.05) is 51.3 Å². The van der Waals surface area contributed by atoms with Crippen molar-refractivity contribution in [2.24, 2.45) is 0 Å². The number of alkyl halides is 2. The van der Waals surface area contributed by atoms with Crippen LogP contribution in [-0.2, 0) is 19.2 Å². The molecule has 2 aliphatic heterocycles. The zero-order valence-corrected chi connectivity index (χ0v) is 25.8. The second-order valence-corrected chi connectivity index (χ2v) is 11.1. The number of rotatable bonds is 13. The Balaban J connectivity index is 1.54. The van der Waals surface area contributed by atoms with Crippen molar-refractivity contribution in [3.8, 4) is 11.6 Å². The molecule has 0 spiro atoms. The molecule has 4 rings (SSSR count). The number of nitrogens with one attached hydrogen (secondary N) is 2. The quantitative estimate of drug-likeness (QED) is 0.216. The fourth-order valence-electron chi connectivity index (χ4n) is 5.33. The Hall–Kier alpha value is -5.43. The van der Waals surface area contributed by atoms with Crippen molar-refractivity contribution in [2.75, 3.05) is 45.9 Å². The number of piperazine rings is 1. The zero-order chi connectivity index (χ0) is 35.8. The van der Waals surface area contributed by atoms with Gasteiger partial charge in [-0.15, -0.1) is 0 Å². The van der Waals surface area contributed by atoms with Gasteiger partial charge in [-0.25, -0.2) is 27.0 Å². The third kappa shape index (κ3) is 9.35. The van der Waals surface area contributed by atoms with Gasteiger partial charge in [-0.2, -0.15) is 5.10 Å². The Morgan fingerprint density at radius 1 is 0.959 bits per heavy atom. The molecule has 0 aliphatic carbocycles. The van der Waals surface area contributed by atoms with Crippen LogP contribution >= 0.6 is 0 Å². The largest absolute Gasteiger partial charge is 0.481 e. The summed E-state index contributed by atoms with van der Waals surface area (Å²) in [6.07, 6.45) is -4.18. The van der Waals surface area contributed by atoms with Crippen LogP contribution in [0.2, 0.25) is 0 Å². The van der Waals surface area contributed by atoms with Gasteiger partial charge in [-0.1, -0.05) is 0 Å². The van der Waals surface area contributed by atoms with Gasteiger partial charge in [-0.3, -0.25) is 24.0 Å². The summed E-state index contributed by atoms with van der Waals surface area (Å²) in [5.74, 6) is -7.20. The molecule has 2 aliphatic rings. The number of benzene rings is 1. The van der Waals surface area contributed by atoms with Crippen LogP contribution in [0.15, 0.2) is 24.3 Å². The van der Waals surface area contributed by atoms with E-state index in [9.17, 15) is 56.5 Å². The molecule has 3 heterocycles. The van der Waals surface area contributed by atoms with Crippen molar-refractivity contribution in [3.05, 3.63) is 41.6 Å². The summed E-state index contributed by atoms with van der Waals surface area (Å²) in [4.78, 5) is 78.1. The Bertz CT molecular complexity index is 1580. The van der Waals surface area contributed by atoms with Crippen molar-refractivity contribution in [1.82, 2.24) is 35.1 Å². The van der Waals surface area contributed by atoms with Crippen molar-refractivity contribution < 1.29 is 61.3 Å². The lowest BCUT2D eigenvalue weighted by atomic mass is 10.1. The number of likely N-dealkylation sites (tertiary alicyclic amines) is 1. The van der Waals surface area contributed by atoms with Crippen molar-refractivity contribution in [1.29, 1.82) is 0 Å². The molecule has 0 unspecified atom stereocenters. The fraction of sp³-hybridized carbons (Fsp3) is 0.483. The highest BCUT2D eigenvalue weighted by Gasteiger charge is 2.35. The minimum Gasteiger partial charge on any atom is -0.481 e. The smallest absolute Gasteiger partial charge is 0.407 e. The van der Waals surface area contributed by atoms with E-state index >= 15 is 0 Å². The predicted octanol–water partition coefficient (Wildman–Crippen LogP) is 0.687. The maximum atomic E-state index is 14.2. The molecule has 1 aromatic heterocycles. The molecule has 2 aromatic rings. The maximum absolute atomic E-state index is 14.2. The molecule has 49 heavy (non-hydrogen) atoms. The average Bonchev–Trinajstić information content (AvgIpc) is 3.73. The molecule has 266 valence electrons. The van der Waals surface area contributed by atoms with E-state index in [1.165, 1.54) is 4.90 Å². The van der Waals surface area contributed by atoms with Gasteiger partial charge >= 0.3 is 12.1 Å². The lowest BCUT2D eigenvalue weighted by Crippen LogP contribution is -2.55. The van der Waals surface area contributed by atoms with Crippen molar-refractivity contribution >= 4 is 35.7 Å². The summed E-state index contributed by atoms with van der Waals surface area (Å²) < 4.78 is 59.5. The molecule has 2 atom stereocenters. The molecule has 1 aromatic carbocycles. The number of amides is 5. The second-order valence-electron chi connectivity index (χ2n) is 11.1. The minimum atomic E-state index is -2.79. The van der Waals surface area contributed by atoms with Crippen LogP contribution in [0.4, 0.5) is 22.4 Å². The number of hydrogen-bond acceptors (Lipinski definition) is 8. The zero-order valence-electron chi connectivity index (χ0n) is 25.8. The van der Waals surface area contributed by atoms with Crippen LogP contribution in [-0.4, -0.2) is 135 Å². The van der Waals surface area contributed by atoms with E-state index in [0.29, 0.717) is 6.42 Å². The first-order valence-corrected chi connectivity index (χ1v) is 15.1. The summed E-state index contributed by atoms with van der Waals surface area (Å²) in [6.45, 7) is -1.52. The Kier molecular flexibility index (Phi) is 12.0. The minimum absolute atomic E-state index is 0.00270. The first-order valence-electron chi connectivity index (χ1n) is 15.1. The molecule has 5 amide bonds. The first-order chi connectivity index (χ1) is 23.2. The van der Waals surface area contributed by atoms with Crippen LogP contribution in [0.25, 0.3) is 5.69 Å². The number of halogens is 4. The number of carbonyl (C=O) groups excluding carboxylic acids is 4. The number of aliphatic carboxylic acids is 1. The van der Waals surface area contributed by atoms with Crippen molar-refractivity contribution in [3.63, 3.8) is 0 Å². The maximum Gasteiger partial charge on any atom is 0.407 e. The highest BCUT2D eigenvalue weighted by Crippen LogP contribution is 2.23. The van der Waals surface area contributed by atoms with E-state index in [1.807, 2.05) is 0 Å². The lowest BCUT2D eigenvalue weighted by Gasteiger charge is -2.35.